The molecule has 3 atom stereocenters. The number of fused-ring (bicyclic) bond motifs is 2. The largest absolute Gasteiger partial charge is 0.396 e. The van der Waals surface area contributed by atoms with Crippen molar-refractivity contribution in [2.45, 2.75) is 50.6 Å². The summed E-state index contributed by atoms with van der Waals surface area (Å²) in [7, 11) is 1.67. The number of benzene rings is 2. The molecule has 0 heterocycles. The Balaban J connectivity index is 1.39. The fourth-order valence-electron chi connectivity index (χ4n) is 5.55. The van der Waals surface area contributed by atoms with Crippen LogP contribution in [0.4, 0.5) is 4.39 Å². The summed E-state index contributed by atoms with van der Waals surface area (Å²) in [6.45, 7) is 0.547. The normalized spacial score (nSPS) is 24.6. The Morgan fingerprint density at radius 3 is 2.66 bits per heavy atom. The van der Waals surface area contributed by atoms with Crippen molar-refractivity contribution in [3.8, 4) is 0 Å². The second-order valence-corrected chi connectivity index (χ2v) is 9.55. The zero-order chi connectivity index (χ0) is 22.7. The van der Waals surface area contributed by atoms with E-state index in [4.69, 9.17) is 0 Å². The number of amides is 2. The highest BCUT2D eigenvalue weighted by molar-refractivity contribution is 5.95. The Morgan fingerprint density at radius 2 is 1.94 bits per heavy atom. The molecule has 6 heteroatoms. The molecule has 3 unspecified atom stereocenters. The third-order valence-electron chi connectivity index (χ3n) is 6.98. The van der Waals surface area contributed by atoms with Crippen LogP contribution >= 0.6 is 0 Å². The van der Waals surface area contributed by atoms with Gasteiger partial charge in [-0.05, 0) is 73.4 Å². The first-order valence-corrected chi connectivity index (χ1v) is 11.4. The van der Waals surface area contributed by atoms with Crippen molar-refractivity contribution in [1.82, 2.24) is 10.2 Å². The molecule has 32 heavy (non-hydrogen) atoms. The van der Waals surface area contributed by atoms with Gasteiger partial charge in [-0.15, -0.1) is 0 Å². The molecule has 170 valence electrons. The van der Waals surface area contributed by atoms with Gasteiger partial charge < -0.3 is 15.3 Å². The van der Waals surface area contributed by atoms with Gasteiger partial charge in [-0.1, -0.05) is 31.0 Å². The van der Waals surface area contributed by atoms with Gasteiger partial charge in [0.2, 0.25) is 0 Å². The third kappa shape index (κ3) is 5.01. The Kier molecular flexibility index (Phi) is 6.60. The summed E-state index contributed by atoms with van der Waals surface area (Å²) in [6, 6.07) is 12.9. The van der Waals surface area contributed by atoms with E-state index in [2.05, 4.69) is 5.32 Å². The Hall–Kier alpha value is -2.73. The van der Waals surface area contributed by atoms with Gasteiger partial charge in [0.1, 0.15) is 5.82 Å². The Morgan fingerprint density at radius 1 is 1.16 bits per heavy atom. The lowest BCUT2D eigenvalue weighted by Gasteiger charge is -2.48. The second-order valence-electron chi connectivity index (χ2n) is 9.55. The van der Waals surface area contributed by atoms with Crippen LogP contribution in [0, 0.1) is 17.7 Å². The van der Waals surface area contributed by atoms with Crippen molar-refractivity contribution in [1.29, 1.82) is 0 Å². The molecule has 2 fully saturated rings. The number of aliphatic hydroxyl groups excluding tert-OH is 1. The molecule has 2 aliphatic rings. The number of nitrogens with one attached hydrogen (secondary N) is 1. The topological polar surface area (TPSA) is 69.6 Å². The van der Waals surface area contributed by atoms with Gasteiger partial charge in [0.25, 0.3) is 11.8 Å². The van der Waals surface area contributed by atoms with Crippen molar-refractivity contribution in [2.75, 3.05) is 13.7 Å². The molecule has 2 N–H and O–H groups in total. The maximum Gasteiger partial charge on any atom is 0.253 e. The van der Waals surface area contributed by atoms with Crippen molar-refractivity contribution in [2.24, 2.45) is 11.8 Å². The summed E-state index contributed by atoms with van der Waals surface area (Å²) < 4.78 is 13.4. The SMILES string of the molecule is CN(Cc1ccc(C(=O)NC23CCCC(CC(CO)C2)C3)cc1)C(=O)c1cccc(F)c1. The minimum Gasteiger partial charge on any atom is -0.396 e. The van der Waals surface area contributed by atoms with Gasteiger partial charge in [-0.2, -0.15) is 0 Å². The summed E-state index contributed by atoms with van der Waals surface area (Å²) in [5, 5.41) is 13.0. The fraction of sp³-hybridized carbons (Fsp3) is 0.462. The average molecular weight is 439 g/mol. The summed E-state index contributed by atoms with van der Waals surface area (Å²) in [6.07, 6.45) is 6.18. The molecule has 2 amide bonds. The van der Waals surface area contributed by atoms with E-state index in [0.717, 1.165) is 37.7 Å². The first-order valence-electron chi connectivity index (χ1n) is 11.4. The highest BCUT2D eigenvalue weighted by Gasteiger charge is 2.43. The highest BCUT2D eigenvalue weighted by atomic mass is 19.1. The standard InChI is InChI=1S/C26H31FN2O3/c1-29(25(32)22-5-2-6-23(27)13-22)16-18-7-9-21(10-8-18)24(31)28-26-11-3-4-19(14-26)12-20(15-26)17-30/h2,5-10,13,19-20,30H,3-4,11-12,14-17H2,1H3,(H,28,31). The van der Waals surface area contributed by atoms with Crippen LogP contribution in [0.25, 0.3) is 0 Å². The molecular formula is C26H31FN2O3. The number of aliphatic hydroxyl groups is 1. The van der Waals surface area contributed by atoms with Crippen molar-refractivity contribution < 1.29 is 19.1 Å². The fourth-order valence-corrected chi connectivity index (χ4v) is 5.55. The minimum absolute atomic E-state index is 0.0834. The molecule has 2 aromatic rings. The molecule has 0 radical (unpaired) electrons. The number of carbonyl (C=O) groups excluding carboxylic acids is 2. The van der Waals surface area contributed by atoms with Crippen LogP contribution in [0.2, 0.25) is 0 Å². The van der Waals surface area contributed by atoms with E-state index < -0.39 is 5.82 Å². The second kappa shape index (κ2) is 9.41. The lowest BCUT2D eigenvalue weighted by Crippen LogP contribution is -2.55. The Bertz CT molecular complexity index is 977. The number of halogens is 1. The molecule has 0 aromatic heterocycles. The molecule has 0 saturated heterocycles. The van der Waals surface area contributed by atoms with Gasteiger partial charge in [-0.25, -0.2) is 4.39 Å². The van der Waals surface area contributed by atoms with Crippen molar-refractivity contribution in [3.05, 3.63) is 71.0 Å². The average Bonchev–Trinajstić information content (AvgIpc) is 2.78. The monoisotopic (exact) mass is 438 g/mol. The van der Waals surface area contributed by atoms with Crippen LogP contribution in [-0.2, 0) is 6.54 Å². The molecule has 2 aromatic carbocycles. The van der Waals surface area contributed by atoms with Crippen LogP contribution in [0.15, 0.2) is 48.5 Å². The summed E-state index contributed by atoms with van der Waals surface area (Å²) >= 11 is 0. The lowest BCUT2D eigenvalue weighted by atomic mass is 9.63. The van der Waals surface area contributed by atoms with Crippen LogP contribution < -0.4 is 5.32 Å². The first-order chi connectivity index (χ1) is 15.4. The van der Waals surface area contributed by atoms with Gasteiger partial charge in [0.05, 0.1) is 0 Å². The summed E-state index contributed by atoms with van der Waals surface area (Å²) in [4.78, 5) is 27.0. The molecule has 2 aliphatic carbocycles. The molecule has 2 saturated carbocycles. The van der Waals surface area contributed by atoms with Crippen LogP contribution in [0.1, 0.15) is 64.8 Å². The number of nitrogens with zero attached hydrogens (tertiary/aromatic N) is 1. The molecular weight excluding hydrogens is 407 g/mol. The predicted molar refractivity (Wildman–Crippen MR) is 121 cm³/mol. The maximum absolute atomic E-state index is 13.4. The van der Waals surface area contributed by atoms with Gasteiger partial charge >= 0.3 is 0 Å². The molecule has 0 aliphatic heterocycles. The first kappa shape index (κ1) is 22.5. The summed E-state index contributed by atoms with van der Waals surface area (Å²) in [5.41, 5.74) is 1.59. The quantitative estimate of drug-likeness (QED) is 0.712. The summed E-state index contributed by atoms with van der Waals surface area (Å²) in [5.74, 6) is 0.0750. The zero-order valence-corrected chi connectivity index (χ0v) is 18.5. The van der Waals surface area contributed by atoms with E-state index in [1.54, 1.807) is 25.2 Å². The van der Waals surface area contributed by atoms with Crippen molar-refractivity contribution >= 4 is 11.8 Å². The number of carbonyl (C=O) groups is 2. The predicted octanol–water partition coefficient (Wildman–Crippen LogP) is 4.16. The van der Waals surface area contributed by atoms with Gasteiger partial charge in [0, 0.05) is 36.9 Å². The smallest absolute Gasteiger partial charge is 0.253 e. The number of rotatable bonds is 6. The number of hydrogen-bond acceptors (Lipinski definition) is 3. The van der Waals surface area contributed by atoms with E-state index in [-0.39, 0.29) is 29.9 Å². The van der Waals surface area contributed by atoms with E-state index in [0.29, 0.717) is 23.6 Å². The van der Waals surface area contributed by atoms with Crippen LogP contribution in [0.3, 0.4) is 0 Å². The van der Waals surface area contributed by atoms with E-state index in [9.17, 15) is 19.1 Å². The Labute approximate surface area is 188 Å². The number of hydrogen-bond donors (Lipinski definition) is 2. The molecule has 5 nitrogen and oxygen atoms in total. The third-order valence-corrected chi connectivity index (χ3v) is 6.98. The lowest BCUT2D eigenvalue weighted by molar-refractivity contribution is 0.0443. The minimum atomic E-state index is -0.438. The molecule has 4 rings (SSSR count). The van der Waals surface area contributed by atoms with Crippen molar-refractivity contribution in [3.63, 3.8) is 0 Å². The molecule has 0 spiro atoms. The van der Waals surface area contributed by atoms with E-state index >= 15 is 0 Å². The van der Waals surface area contributed by atoms with E-state index in [1.807, 2.05) is 12.1 Å². The molecule has 2 bridgehead atoms. The van der Waals surface area contributed by atoms with Gasteiger partial charge in [-0.3, -0.25) is 9.59 Å². The van der Waals surface area contributed by atoms with Crippen LogP contribution in [0.5, 0.6) is 0 Å². The zero-order valence-electron chi connectivity index (χ0n) is 18.5. The van der Waals surface area contributed by atoms with Gasteiger partial charge in [0.15, 0.2) is 0 Å². The van der Waals surface area contributed by atoms with E-state index in [1.165, 1.54) is 29.5 Å². The maximum atomic E-state index is 13.4. The van der Waals surface area contributed by atoms with Crippen LogP contribution in [-0.4, -0.2) is 41.0 Å². The highest BCUT2D eigenvalue weighted by Crippen LogP contribution is 2.45.